The van der Waals surface area contributed by atoms with Gasteiger partial charge in [-0.25, -0.2) is 0 Å². The normalized spacial score (nSPS) is 12.4. The van der Waals surface area contributed by atoms with E-state index in [1.807, 2.05) is 18.2 Å². The van der Waals surface area contributed by atoms with E-state index in [4.69, 9.17) is 23.2 Å². The molecule has 0 bridgehead atoms. The molecule has 1 aromatic heterocycles. The van der Waals surface area contributed by atoms with Crippen LogP contribution in [0.3, 0.4) is 0 Å². The number of benzene rings is 1. The molecule has 0 aliphatic carbocycles. The maximum atomic E-state index is 10.1. The number of halogens is 2. The molecule has 2 rings (SSSR count). The van der Waals surface area contributed by atoms with Crippen LogP contribution >= 0.6 is 23.2 Å². The Labute approximate surface area is 123 Å². The number of aliphatic hydroxyl groups is 1. The van der Waals surface area contributed by atoms with Crippen LogP contribution in [0, 0.1) is 0 Å². The lowest BCUT2D eigenvalue weighted by atomic mass is 10.0. The van der Waals surface area contributed by atoms with Crippen molar-refractivity contribution in [2.75, 3.05) is 0 Å². The Bertz CT molecular complexity index is 531. The van der Waals surface area contributed by atoms with Crippen LogP contribution in [0.1, 0.15) is 30.2 Å². The van der Waals surface area contributed by atoms with Gasteiger partial charge in [0.2, 0.25) is 0 Å². The van der Waals surface area contributed by atoms with E-state index in [1.165, 1.54) is 11.8 Å². The van der Waals surface area contributed by atoms with E-state index >= 15 is 0 Å². The number of aryl methyl sites for hydroxylation is 1. The van der Waals surface area contributed by atoms with Crippen LogP contribution in [-0.2, 0) is 6.42 Å². The third-order valence-corrected chi connectivity index (χ3v) is 3.45. The monoisotopic (exact) mass is 295 g/mol. The molecule has 1 atom stereocenters. The highest BCUT2D eigenvalue weighted by atomic mass is 35.5. The average Bonchev–Trinajstić information content (AvgIpc) is 2.39. The topological polar surface area (TPSA) is 33.1 Å². The van der Waals surface area contributed by atoms with Crippen LogP contribution in [0.15, 0.2) is 42.6 Å². The van der Waals surface area contributed by atoms with Gasteiger partial charge in [-0.2, -0.15) is 0 Å². The van der Waals surface area contributed by atoms with E-state index in [0.717, 1.165) is 12.8 Å². The summed E-state index contributed by atoms with van der Waals surface area (Å²) < 4.78 is 0. The zero-order valence-corrected chi connectivity index (χ0v) is 11.9. The third-order valence-electron chi connectivity index (χ3n) is 2.94. The van der Waals surface area contributed by atoms with Crippen molar-refractivity contribution in [3.8, 4) is 0 Å². The van der Waals surface area contributed by atoms with Crippen LogP contribution < -0.4 is 0 Å². The highest BCUT2D eigenvalue weighted by molar-refractivity contribution is 6.34. The molecular weight excluding hydrogens is 281 g/mol. The van der Waals surface area contributed by atoms with E-state index in [0.29, 0.717) is 22.2 Å². The Morgan fingerprint density at radius 1 is 1.16 bits per heavy atom. The molecule has 2 nitrogen and oxygen atoms in total. The van der Waals surface area contributed by atoms with Crippen molar-refractivity contribution in [1.82, 2.24) is 4.98 Å². The van der Waals surface area contributed by atoms with Gasteiger partial charge >= 0.3 is 0 Å². The number of pyridine rings is 1. The maximum absolute atomic E-state index is 10.1. The SMILES string of the molecule is OC(CCCc1ccccc1)c1ncc(Cl)cc1Cl. The second-order valence-electron chi connectivity index (χ2n) is 4.41. The predicted molar refractivity (Wildman–Crippen MR) is 78.6 cm³/mol. The van der Waals surface area contributed by atoms with Gasteiger partial charge in [-0.3, -0.25) is 4.98 Å². The predicted octanol–water partition coefficient (Wildman–Crippen LogP) is 4.44. The van der Waals surface area contributed by atoms with Gasteiger partial charge in [0.15, 0.2) is 0 Å². The van der Waals surface area contributed by atoms with Crippen LogP contribution in [0.4, 0.5) is 0 Å². The molecule has 0 aliphatic rings. The summed E-state index contributed by atoms with van der Waals surface area (Å²) in [5.74, 6) is 0. The first-order valence-electron chi connectivity index (χ1n) is 6.20. The van der Waals surface area contributed by atoms with Gasteiger partial charge in [-0.05, 0) is 30.9 Å². The van der Waals surface area contributed by atoms with E-state index < -0.39 is 6.10 Å². The summed E-state index contributed by atoms with van der Waals surface area (Å²) in [6, 6.07) is 11.8. The molecule has 19 heavy (non-hydrogen) atoms. The molecular formula is C15H15Cl2NO. The first-order valence-corrected chi connectivity index (χ1v) is 6.95. The zero-order valence-electron chi connectivity index (χ0n) is 10.4. The lowest BCUT2D eigenvalue weighted by Crippen LogP contribution is -2.02. The van der Waals surface area contributed by atoms with Gasteiger partial charge in [0, 0.05) is 6.20 Å². The number of aliphatic hydroxyl groups excluding tert-OH is 1. The molecule has 0 aliphatic heterocycles. The summed E-state index contributed by atoms with van der Waals surface area (Å²) in [4.78, 5) is 4.09. The second-order valence-corrected chi connectivity index (χ2v) is 5.26. The Morgan fingerprint density at radius 2 is 1.89 bits per heavy atom. The lowest BCUT2D eigenvalue weighted by Gasteiger charge is -2.11. The number of nitrogens with zero attached hydrogens (tertiary/aromatic N) is 1. The van der Waals surface area contributed by atoms with Crippen LogP contribution in [-0.4, -0.2) is 10.1 Å². The summed E-state index contributed by atoms with van der Waals surface area (Å²) in [6.45, 7) is 0. The van der Waals surface area contributed by atoms with Crippen molar-refractivity contribution in [2.24, 2.45) is 0 Å². The minimum absolute atomic E-state index is 0.416. The average molecular weight is 296 g/mol. The molecule has 1 N–H and O–H groups in total. The van der Waals surface area contributed by atoms with Gasteiger partial charge in [0.25, 0.3) is 0 Å². The fourth-order valence-electron chi connectivity index (χ4n) is 1.95. The Kier molecular flexibility index (Phi) is 5.20. The smallest absolute Gasteiger partial charge is 0.0975 e. The molecule has 4 heteroatoms. The molecule has 0 amide bonds. The van der Waals surface area contributed by atoms with E-state index in [2.05, 4.69) is 17.1 Å². The molecule has 1 unspecified atom stereocenters. The molecule has 0 fully saturated rings. The third kappa shape index (κ3) is 4.20. The van der Waals surface area contributed by atoms with Crippen molar-refractivity contribution in [3.63, 3.8) is 0 Å². The summed E-state index contributed by atoms with van der Waals surface area (Å²) in [5.41, 5.74) is 1.77. The lowest BCUT2D eigenvalue weighted by molar-refractivity contribution is 0.160. The van der Waals surface area contributed by atoms with Crippen molar-refractivity contribution in [3.05, 3.63) is 63.9 Å². The van der Waals surface area contributed by atoms with Crippen molar-refractivity contribution >= 4 is 23.2 Å². The largest absolute Gasteiger partial charge is 0.387 e. The van der Waals surface area contributed by atoms with E-state index in [1.54, 1.807) is 6.07 Å². The van der Waals surface area contributed by atoms with Gasteiger partial charge in [-0.1, -0.05) is 53.5 Å². The number of hydrogen-bond donors (Lipinski definition) is 1. The molecule has 2 aromatic rings. The minimum Gasteiger partial charge on any atom is -0.387 e. The summed E-state index contributed by atoms with van der Waals surface area (Å²) in [5, 5.41) is 11.0. The number of hydrogen-bond acceptors (Lipinski definition) is 2. The standard InChI is InChI=1S/C15H15Cl2NO/c16-12-9-13(17)15(18-10-12)14(19)8-4-7-11-5-2-1-3-6-11/h1-3,5-6,9-10,14,19H,4,7-8H2. The Balaban J connectivity index is 1.89. The molecule has 0 saturated heterocycles. The Morgan fingerprint density at radius 3 is 2.58 bits per heavy atom. The van der Waals surface area contributed by atoms with Gasteiger partial charge in [-0.15, -0.1) is 0 Å². The fraction of sp³-hybridized carbons (Fsp3) is 0.267. The van der Waals surface area contributed by atoms with Crippen LogP contribution in [0.5, 0.6) is 0 Å². The summed E-state index contributed by atoms with van der Waals surface area (Å²) in [7, 11) is 0. The number of rotatable bonds is 5. The quantitative estimate of drug-likeness (QED) is 0.884. The van der Waals surface area contributed by atoms with Crippen molar-refractivity contribution in [1.29, 1.82) is 0 Å². The number of aromatic nitrogens is 1. The maximum Gasteiger partial charge on any atom is 0.0975 e. The second kappa shape index (κ2) is 6.90. The van der Waals surface area contributed by atoms with Gasteiger partial charge in [0.05, 0.1) is 21.8 Å². The molecule has 0 saturated carbocycles. The van der Waals surface area contributed by atoms with Crippen molar-refractivity contribution in [2.45, 2.75) is 25.4 Å². The molecule has 1 heterocycles. The Hall–Kier alpha value is -1.09. The van der Waals surface area contributed by atoms with Gasteiger partial charge < -0.3 is 5.11 Å². The van der Waals surface area contributed by atoms with Gasteiger partial charge in [0.1, 0.15) is 0 Å². The zero-order chi connectivity index (χ0) is 13.7. The first-order chi connectivity index (χ1) is 9.16. The fourth-order valence-corrected chi connectivity index (χ4v) is 2.46. The summed E-state index contributed by atoms with van der Waals surface area (Å²) in [6.07, 6.45) is 3.30. The molecule has 0 spiro atoms. The first kappa shape index (κ1) is 14.3. The molecule has 100 valence electrons. The van der Waals surface area contributed by atoms with Crippen LogP contribution in [0.25, 0.3) is 0 Å². The molecule has 1 aromatic carbocycles. The van der Waals surface area contributed by atoms with Crippen LogP contribution in [0.2, 0.25) is 10.0 Å². The van der Waals surface area contributed by atoms with E-state index in [9.17, 15) is 5.11 Å². The molecule has 0 radical (unpaired) electrons. The highest BCUT2D eigenvalue weighted by Gasteiger charge is 2.13. The minimum atomic E-state index is -0.645. The van der Waals surface area contributed by atoms with E-state index in [-0.39, 0.29) is 0 Å². The summed E-state index contributed by atoms with van der Waals surface area (Å²) >= 11 is 11.8. The van der Waals surface area contributed by atoms with Crippen molar-refractivity contribution < 1.29 is 5.11 Å². The highest BCUT2D eigenvalue weighted by Crippen LogP contribution is 2.26.